The van der Waals surface area contributed by atoms with Gasteiger partial charge in [0, 0.05) is 13.3 Å². The number of amides is 1. The Bertz CT molecular complexity index is 997. The van der Waals surface area contributed by atoms with Crippen molar-refractivity contribution in [3.8, 4) is 17.2 Å². The molecule has 0 aliphatic rings. The fourth-order valence-electron chi connectivity index (χ4n) is 2.83. The highest BCUT2D eigenvalue weighted by Crippen LogP contribution is 2.27. The topological polar surface area (TPSA) is 74.6 Å². The molecule has 0 fully saturated rings. The van der Waals surface area contributed by atoms with E-state index in [2.05, 4.69) is 10.4 Å². The van der Waals surface area contributed by atoms with Crippen LogP contribution in [0.15, 0.2) is 48.7 Å². The molecule has 3 rings (SSSR count). The van der Waals surface area contributed by atoms with Gasteiger partial charge in [0.2, 0.25) is 0 Å². The first-order chi connectivity index (χ1) is 14.0. The van der Waals surface area contributed by atoms with Crippen LogP contribution < -0.4 is 14.8 Å². The van der Waals surface area contributed by atoms with E-state index >= 15 is 0 Å². The van der Waals surface area contributed by atoms with Crippen molar-refractivity contribution in [2.75, 3.05) is 32.8 Å². The van der Waals surface area contributed by atoms with Crippen LogP contribution in [-0.2, 0) is 4.74 Å². The number of rotatable bonds is 8. The Labute approximate surface area is 170 Å². The molecule has 152 valence electrons. The van der Waals surface area contributed by atoms with Gasteiger partial charge in [-0.2, -0.15) is 5.10 Å². The lowest BCUT2D eigenvalue weighted by molar-refractivity contribution is 0.102. The average molecular weight is 395 g/mol. The van der Waals surface area contributed by atoms with Crippen LogP contribution in [0.25, 0.3) is 5.69 Å². The quantitative estimate of drug-likeness (QED) is 0.588. The van der Waals surface area contributed by atoms with E-state index in [0.717, 1.165) is 16.8 Å². The first-order valence-electron chi connectivity index (χ1n) is 9.26. The lowest BCUT2D eigenvalue weighted by atomic mass is 10.2. The third kappa shape index (κ3) is 4.94. The van der Waals surface area contributed by atoms with E-state index in [4.69, 9.17) is 14.2 Å². The number of benzene rings is 2. The van der Waals surface area contributed by atoms with Crippen LogP contribution in [0.3, 0.4) is 0 Å². The van der Waals surface area contributed by atoms with Crippen LogP contribution >= 0.6 is 0 Å². The van der Waals surface area contributed by atoms with Crippen LogP contribution in [0.1, 0.15) is 21.6 Å². The molecule has 1 N–H and O–H groups in total. The molecular formula is C22H25N3O4. The Kier molecular flexibility index (Phi) is 6.51. The molecule has 2 aromatic carbocycles. The van der Waals surface area contributed by atoms with Crippen molar-refractivity contribution in [2.24, 2.45) is 0 Å². The monoisotopic (exact) mass is 395 g/mol. The molecule has 0 bridgehead atoms. The minimum absolute atomic E-state index is 0.289. The zero-order valence-electron chi connectivity index (χ0n) is 17.1. The summed E-state index contributed by atoms with van der Waals surface area (Å²) < 4.78 is 17.8. The number of carbonyl (C=O) groups is 1. The summed E-state index contributed by atoms with van der Waals surface area (Å²) in [5.41, 5.74) is 3.74. The summed E-state index contributed by atoms with van der Waals surface area (Å²) in [6.45, 7) is 4.81. The van der Waals surface area contributed by atoms with Crippen molar-refractivity contribution >= 4 is 11.6 Å². The summed E-state index contributed by atoms with van der Waals surface area (Å²) in [7, 11) is 3.22. The maximum absolute atomic E-state index is 12.7. The predicted octanol–water partition coefficient (Wildman–Crippen LogP) is 3.78. The Morgan fingerprint density at radius 1 is 1.00 bits per heavy atom. The Hall–Kier alpha value is -3.32. The number of aryl methyl sites for hydroxylation is 2. The number of anilines is 1. The lowest BCUT2D eigenvalue weighted by Crippen LogP contribution is -2.15. The number of hydrogen-bond acceptors (Lipinski definition) is 5. The number of nitrogens with zero attached hydrogens (tertiary/aromatic N) is 2. The highest BCUT2D eigenvalue weighted by atomic mass is 16.5. The van der Waals surface area contributed by atoms with E-state index in [1.807, 2.05) is 50.2 Å². The van der Waals surface area contributed by atoms with Gasteiger partial charge in [-0.25, -0.2) is 4.68 Å². The normalized spacial score (nSPS) is 10.6. The van der Waals surface area contributed by atoms with Crippen LogP contribution in [0, 0.1) is 13.8 Å². The second-order valence-electron chi connectivity index (χ2n) is 6.62. The molecule has 3 aromatic rings. The van der Waals surface area contributed by atoms with Gasteiger partial charge < -0.3 is 19.5 Å². The summed E-state index contributed by atoms with van der Waals surface area (Å²) in [5, 5.41) is 7.29. The van der Waals surface area contributed by atoms with Gasteiger partial charge in [-0.1, -0.05) is 12.1 Å². The first kappa shape index (κ1) is 20.4. The molecular weight excluding hydrogens is 370 g/mol. The van der Waals surface area contributed by atoms with Crippen LogP contribution in [-0.4, -0.2) is 43.1 Å². The second kappa shape index (κ2) is 9.25. The highest BCUT2D eigenvalue weighted by molar-refractivity contribution is 6.03. The van der Waals surface area contributed by atoms with Gasteiger partial charge in [-0.05, 0) is 55.3 Å². The molecule has 7 heteroatoms. The van der Waals surface area contributed by atoms with E-state index in [-0.39, 0.29) is 11.6 Å². The largest absolute Gasteiger partial charge is 0.494 e. The molecule has 0 radical (unpaired) electrons. The van der Waals surface area contributed by atoms with Crippen molar-refractivity contribution < 1.29 is 19.0 Å². The fourth-order valence-corrected chi connectivity index (χ4v) is 2.83. The summed E-state index contributed by atoms with van der Waals surface area (Å²) >= 11 is 0. The van der Waals surface area contributed by atoms with Gasteiger partial charge in [0.25, 0.3) is 5.91 Å². The molecule has 0 saturated heterocycles. The third-order valence-electron chi connectivity index (χ3n) is 4.33. The van der Waals surface area contributed by atoms with Gasteiger partial charge in [0.1, 0.15) is 23.8 Å². The number of hydrogen-bond donors (Lipinski definition) is 1. The molecule has 0 atom stereocenters. The molecule has 0 aliphatic heterocycles. The van der Waals surface area contributed by atoms with Crippen molar-refractivity contribution in [1.82, 2.24) is 9.78 Å². The molecule has 7 nitrogen and oxygen atoms in total. The standard InChI is InChI=1S/C22H25N3O4/c1-15-6-8-20(28-4)19(13-15)25-10-9-18(24-25)22(26)23-17-7-5-16(2)14-21(17)29-12-11-27-3/h5-10,13-14H,11-12H2,1-4H3,(H,23,26). The number of nitrogens with one attached hydrogen (secondary N) is 1. The Morgan fingerprint density at radius 2 is 1.76 bits per heavy atom. The SMILES string of the molecule is COCCOc1cc(C)ccc1NC(=O)c1ccn(-c2cc(C)ccc2OC)n1. The van der Waals surface area contributed by atoms with Gasteiger partial charge in [0.05, 0.1) is 19.4 Å². The summed E-state index contributed by atoms with van der Waals surface area (Å²) in [5.74, 6) is 0.948. The summed E-state index contributed by atoms with van der Waals surface area (Å²) in [4.78, 5) is 12.7. The number of ether oxygens (including phenoxy) is 3. The van der Waals surface area contributed by atoms with Crippen LogP contribution in [0.4, 0.5) is 5.69 Å². The first-order valence-corrected chi connectivity index (χ1v) is 9.26. The minimum atomic E-state index is -0.323. The van der Waals surface area contributed by atoms with Gasteiger partial charge >= 0.3 is 0 Å². The van der Waals surface area contributed by atoms with Crippen molar-refractivity contribution in [2.45, 2.75) is 13.8 Å². The van der Waals surface area contributed by atoms with Crippen LogP contribution in [0.5, 0.6) is 11.5 Å². The Balaban J connectivity index is 1.80. The van der Waals surface area contributed by atoms with E-state index < -0.39 is 0 Å². The zero-order valence-corrected chi connectivity index (χ0v) is 17.1. The average Bonchev–Trinajstić information content (AvgIpc) is 3.20. The van der Waals surface area contributed by atoms with Crippen LogP contribution in [0.2, 0.25) is 0 Å². The highest BCUT2D eigenvalue weighted by Gasteiger charge is 2.15. The fraction of sp³-hybridized carbons (Fsp3) is 0.273. The van der Waals surface area contributed by atoms with Crippen molar-refractivity contribution in [1.29, 1.82) is 0 Å². The van der Waals surface area contributed by atoms with Crippen molar-refractivity contribution in [3.63, 3.8) is 0 Å². The number of aromatic nitrogens is 2. The van der Waals surface area contributed by atoms with E-state index in [1.165, 1.54) is 0 Å². The molecule has 29 heavy (non-hydrogen) atoms. The summed E-state index contributed by atoms with van der Waals surface area (Å²) in [6.07, 6.45) is 1.73. The van der Waals surface area contributed by atoms with Gasteiger partial charge in [-0.3, -0.25) is 4.79 Å². The van der Waals surface area contributed by atoms with Gasteiger partial charge in [0.15, 0.2) is 5.69 Å². The van der Waals surface area contributed by atoms with E-state index in [9.17, 15) is 4.79 Å². The maximum Gasteiger partial charge on any atom is 0.276 e. The lowest BCUT2D eigenvalue weighted by Gasteiger charge is -2.13. The molecule has 0 unspecified atom stereocenters. The summed E-state index contributed by atoms with van der Waals surface area (Å²) in [6, 6.07) is 13.1. The minimum Gasteiger partial charge on any atom is -0.494 e. The molecule has 0 spiro atoms. The molecule has 1 heterocycles. The van der Waals surface area contributed by atoms with Gasteiger partial charge in [-0.15, -0.1) is 0 Å². The molecule has 1 aromatic heterocycles. The predicted molar refractivity (Wildman–Crippen MR) is 111 cm³/mol. The van der Waals surface area contributed by atoms with E-state index in [1.54, 1.807) is 31.2 Å². The van der Waals surface area contributed by atoms with E-state index in [0.29, 0.717) is 30.4 Å². The maximum atomic E-state index is 12.7. The van der Waals surface area contributed by atoms with Crippen molar-refractivity contribution in [3.05, 3.63) is 65.5 Å². The third-order valence-corrected chi connectivity index (χ3v) is 4.33. The second-order valence-corrected chi connectivity index (χ2v) is 6.62. The number of carbonyl (C=O) groups excluding carboxylic acids is 1. The Morgan fingerprint density at radius 3 is 2.52 bits per heavy atom. The molecule has 0 saturated carbocycles. The molecule has 1 amide bonds. The smallest absolute Gasteiger partial charge is 0.276 e. The number of methoxy groups -OCH3 is 2. The zero-order chi connectivity index (χ0) is 20.8. The molecule has 0 aliphatic carbocycles.